The molecule has 2 N–H and O–H groups in total. The minimum atomic E-state index is -1.44. The van der Waals surface area contributed by atoms with E-state index in [0.29, 0.717) is 25.5 Å². The van der Waals surface area contributed by atoms with Gasteiger partial charge in [-0.15, -0.1) is 0 Å². The summed E-state index contributed by atoms with van der Waals surface area (Å²) in [5.74, 6) is -4.83. The number of benzene rings is 1. The van der Waals surface area contributed by atoms with E-state index in [2.05, 4.69) is 10.6 Å². The van der Waals surface area contributed by atoms with Crippen molar-refractivity contribution < 1.29 is 42.2 Å². The third-order valence-electron chi connectivity index (χ3n) is 7.29. The molecule has 1 aliphatic carbocycles. The number of ether oxygens (including phenoxy) is 2. The Morgan fingerprint density at radius 3 is 2.29 bits per heavy atom. The first-order chi connectivity index (χ1) is 19.6. The number of allylic oxidation sites excluding steroid dienone is 1. The summed E-state index contributed by atoms with van der Waals surface area (Å²) in [7, 11) is 1.09. The number of hydrogen-bond acceptors (Lipinski definition) is 7. The fourth-order valence-electron chi connectivity index (χ4n) is 5.18. The van der Waals surface area contributed by atoms with E-state index in [1.54, 1.807) is 6.08 Å². The van der Waals surface area contributed by atoms with Crippen molar-refractivity contribution in [3.8, 4) is 0 Å². The maximum absolute atomic E-state index is 13.8. The molecule has 1 saturated heterocycles. The topological polar surface area (TPSA) is 131 Å². The fourth-order valence-corrected chi connectivity index (χ4v) is 5.18. The lowest BCUT2D eigenvalue weighted by Crippen LogP contribution is -2.54. The molecule has 3 amide bonds. The Morgan fingerprint density at radius 2 is 1.66 bits per heavy atom. The van der Waals surface area contributed by atoms with Crippen molar-refractivity contribution in [1.29, 1.82) is 0 Å². The molecule has 2 fully saturated rings. The van der Waals surface area contributed by atoms with Crippen molar-refractivity contribution in [2.75, 3.05) is 20.3 Å². The maximum Gasteiger partial charge on any atom is 0.331 e. The van der Waals surface area contributed by atoms with Gasteiger partial charge in [0, 0.05) is 26.0 Å². The quantitative estimate of drug-likeness (QED) is 0.305. The molecule has 12 heteroatoms. The second kappa shape index (κ2) is 15.2. The first-order valence-electron chi connectivity index (χ1n) is 13.8. The van der Waals surface area contributed by atoms with E-state index < -0.39 is 60.1 Å². The fraction of sp³-hybridized carbons (Fsp3) is 0.552. The molecule has 0 bridgehead atoms. The van der Waals surface area contributed by atoms with E-state index >= 15 is 0 Å². The lowest BCUT2D eigenvalue weighted by molar-refractivity contribution is -0.157. The van der Waals surface area contributed by atoms with Crippen LogP contribution in [0.1, 0.15) is 57.4 Å². The zero-order valence-corrected chi connectivity index (χ0v) is 23.3. The smallest absolute Gasteiger partial charge is 0.331 e. The van der Waals surface area contributed by atoms with Crippen molar-refractivity contribution in [3.05, 3.63) is 47.5 Å². The minimum Gasteiger partial charge on any atom is -0.467 e. The van der Waals surface area contributed by atoms with Gasteiger partial charge in [0.1, 0.15) is 30.3 Å². The van der Waals surface area contributed by atoms with E-state index in [0.717, 1.165) is 51.3 Å². The van der Waals surface area contributed by atoms with E-state index in [-0.39, 0.29) is 23.8 Å². The molecule has 10 nitrogen and oxygen atoms in total. The largest absolute Gasteiger partial charge is 0.467 e. The molecule has 1 saturated carbocycles. The summed E-state index contributed by atoms with van der Waals surface area (Å²) in [5.41, 5.74) is 0.103. The van der Waals surface area contributed by atoms with Crippen LogP contribution in [-0.2, 0) is 39.9 Å². The number of rotatable bonds is 11. The first-order valence-corrected chi connectivity index (χ1v) is 13.8. The monoisotopic (exact) mass is 577 g/mol. The number of nitrogens with one attached hydrogen (secondary N) is 2. The van der Waals surface area contributed by atoms with Gasteiger partial charge in [0.05, 0.1) is 7.11 Å². The standard InChI is InChI=1S/C29H37F2N3O7/c1-18(35)34-12-6-9-25(34)29(39)41-17-24(28(38)40-2)33-27(37)23(15-20-13-21(30)16-22(31)14-20)32-26(36)11-10-19-7-4-3-5-8-19/h10-11,13-14,16,19,23-25H,3-9,12,15,17H2,1-2H3,(H,32,36)(H,33,37)/b11-10+. The molecule has 224 valence electrons. The van der Waals surface area contributed by atoms with Gasteiger partial charge in [-0.2, -0.15) is 0 Å². The molecule has 41 heavy (non-hydrogen) atoms. The highest BCUT2D eigenvalue weighted by atomic mass is 19.1. The average Bonchev–Trinajstić information content (AvgIpc) is 3.44. The van der Waals surface area contributed by atoms with Gasteiger partial charge in [-0.05, 0) is 55.4 Å². The summed E-state index contributed by atoms with van der Waals surface area (Å²) in [4.78, 5) is 64.3. The lowest BCUT2D eigenvalue weighted by Gasteiger charge is -2.24. The van der Waals surface area contributed by atoms with Gasteiger partial charge in [0.25, 0.3) is 0 Å². The molecule has 1 aromatic rings. The molecule has 1 aromatic carbocycles. The number of halogens is 2. The lowest BCUT2D eigenvalue weighted by atomic mass is 9.89. The maximum atomic E-state index is 13.8. The van der Waals surface area contributed by atoms with E-state index in [4.69, 9.17) is 9.47 Å². The Balaban J connectivity index is 1.71. The van der Waals surface area contributed by atoms with E-state index in [9.17, 15) is 32.8 Å². The van der Waals surface area contributed by atoms with Crippen LogP contribution in [-0.4, -0.2) is 72.9 Å². The number of carbonyl (C=O) groups is 5. The first kappa shape index (κ1) is 31.7. The van der Waals surface area contributed by atoms with Crippen LogP contribution in [0.25, 0.3) is 0 Å². The Labute approximate surface area is 237 Å². The second-order valence-corrected chi connectivity index (χ2v) is 10.4. The number of nitrogens with zero attached hydrogens (tertiary/aromatic N) is 1. The van der Waals surface area contributed by atoms with Crippen LogP contribution < -0.4 is 10.6 Å². The SMILES string of the molecule is COC(=O)C(COC(=O)C1CCCN1C(C)=O)NC(=O)C(Cc1cc(F)cc(F)c1)NC(=O)/C=C/C1CCCCC1. The van der Waals surface area contributed by atoms with Crippen LogP contribution >= 0.6 is 0 Å². The Morgan fingerprint density at radius 1 is 0.976 bits per heavy atom. The number of likely N-dealkylation sites (tertiary alicyclic amines) is 1. The molecule has 0 spiro atoms. The van der Waals surface area contributed by atoms with Crippen LogP contribution in [0.3, 0.4) is 0 Å². The molecule has 1 heterocycles. The van der Waals surface area contributed by atoms with Gasteiger partial charge in [0.2, 0.25) is 17.7 Å². The predicted octanol–water partition coefficient (Wildman–Crippen LogP) is 2.34. The van der Waals surface area contributed by atoms with Crippen molar-refractivity contribution in [2.45, 2.75) is 76.4 Å². The summed E-state index contributed by atoms with van der Waals surface area (Å²) in [5, 5.41) is 4.96. The van der Waals surface area contributed by atoms with Gasteiger partial charge in [-0.3, -0.25) is 14.4 Å². The summed E-state index contributed by atoms with van der Waals surface area (Å²) >= 11 is 0. The van der Waals surface area contributed by atoms with Gasteiger partial charge >= 0.3 is 11.9 Å². The normalized spacial score (nSPS) is 18.9. The number of methoxy groups -OCH3 is 1. The van der Waals surface area contributed by atoms with Crippen molar-refractivity contribution in [3.63, 3.8) is 0 Å². The molecule has 3 atom stereocenters. The third-order valence-corrected chi connectivity index (χ3v) is 7.29. The molecule has 3 rings (SSSR count). The summed E-state index contributed by atoms with van der Waals surface area (Å²) in [6, 6.07) is -0.809. The number of amides is 3. The molecule has 0 aromatic heterocycles. The summed E-state index contributed by atoms with van der Waals surface area (Å²) in [6.07, 6.45) is 9.07. The van der Waals surface area contributed by atoms with Crippen molar-refractivity contribution >= 4 is 29.7 Å². The number of hydrogen-bond donors (Lipinski definition) is 2. The van der Waals surface area contributed by atoms with Crippen LogP contribution in [0.5, 0.6) is 0 Å². The second-order valence-electron chi connectivity index (χ2n) is 10.4. The van der Waals surface area contributed by atoms with E-state index in [1.165, 1.54) is 17.9 Å². The van der Waals surface area contributed by atoms with Crippen LogP contribution in [0.4, 0.5) is 8.78 Å². The van der Waals surface area contributed by atoms with Gasteiger partial charge in [0.15, 0.2) is 6.04 Å². The third kappa shape index (κ3) is 9.65. The molecule has 2 aliphatic rings. The zero-order chi connectivity index (χ0) is 29.9. The average molecular weight is 578 g/mol. The molecular formula is C29H37F2N3O7. The van der Waals surface area contributed by atoms with Gasteiger partial charge < -0.3 is 25.0 Å². The van der Waals surface area contributed by atoms with Gasteiger partial charge in [-0.1, -0.05) is 25.3 Å². The van der Waals surface area contributed by atoms with Crippen molar-refractivity contribution in [1.82, 2.24) is 15.5 Å². The Hall–Kier alpha value is -3.83. The highest BCUT2D eigenvalue weighted by molar-refractivity contribution is 5.94. The van der Waals surface area contributed by atoms with Gasteiger partial charge in [-0.25, -0.2) is 18.4 Å². The van der Waals surface area contributed by atoms with Crippen LogP contribution in [0.2, 0.25) is 0 Å². The predicted molar refractivity (Wildman–Crippen MR) is 143 cm³/mol. The highest BCUT2D eigenvalue weighted by Crippen LogP contribution is 2.24. The molecule has 1 aliphatic heterocycles. The molecule has 0 radical (unpaired) electrons. The van der Waals surface area contributed by atoms with Crippen LogP contribution in [0.15, 0.2) is 30.4 Å². The number of esters is 2. The zero-order valence-electron chi connectivity index (χ0n) is 23.3. The highest BCUT2D eigenvalue weighted by Gasteiger charge is 2.35. The van der Waals surface area contributed by atoms with Crippen LogP contribution in [0, 0.1) is 17.6 Å². The molecular weight excluding hydrogens is 540 g/mol. The number of carbonyl (C=O) groups excluding carboxylic acids is 5. The van der Waals surface area contributed by atoms with Crippen molar-refractivity contribution in [2.24, 2.45) is 5.92 Å². The minimum absolute atomic E-state index is 0.103. The Kier molecular flexibility index (Phi) is 11.8. The van der Waals surface area contributed by atoms with E-state index in [1.807, 2.05) is 0 Å². The molecule has 3 unspecified atom stereocenters. The summed E-state index contributed by atoms with van der Waals surface area (Å²) < 4.78 is 37.7. The summed E-state index contributed by atoms with van der Waals surface area (Å²) in [6.45, 7) is 1.16. The Bertz CT molecular complexity index is 1130.